The SMILES string of the molecule is COc1cc(-c2nc3sc4c(c3c(=O)[nH]2)CCCC4)ccc1OC(C)C. The first kappa shape index (κ1) is 17.1. The van der Waals surface area contributed by atoms with Gasteiger partial charge in [-0.25, -0.2) is 4.98 Å². The summed E-state index contributed by atoms with van der Waals surface area (Å²) < 4.78 is 11.2. The van der Waals surface area contributed by atoms with Crippen molar-refractivity contribution in [1.29, 1.82) is 0 Å². The third-order valence-corrected chi connectivity index (χ3v) is 5.81. The number of rotatable bonds is 4. The molecular formula is C20H22N2O3S. The molecule has 0 unspecified atom stereocenters. The molecule has 0 saturated heterocycles. The van der Waals surface area contributed by atoms with E-state index in [1.165, 1.54) is 16.9 Å². The minimum absolute atomic E-state index is 0.0501. The van der Waals surface area contributed by atoms with Gasteiger partial charge in [0.25, 0.3) is 5.56 Å². The summed E-state index contributed by atoms with van der Waals surface area (Å²) in [7, 11) is 1.61. The number of ether oxygens (including phenoxy) is 2. The van der Waals surface area contributed by atoms with Gasteiger partial charge in [-0.2, -0.15) is 0 Å². The van der Waals surface area contributed by atoms with Crippen molar-refractivity contribution >= 4 is 21.6 Å². The van der Waals surface area contributed by atoms with Gasteiger partial charge in [0.1, 0.15) is 10.7 Å². The van der Waals surface area contributed by atoms with E-state index in [9.17, 15) is 4.79 Å². The Labute approximate surface area is 156 Å². The monoisotopic (exact) mass is 370 g/mol. The molecule has 0 spiro atoms. The fraction of sp³-hybridized carbons (Fsp3) is 0.400. The fourth-order valence-corrected chi connectivity index (χ4v) is 4.73. The topological polar surface area (TPSA) is 64.2 Å². The minimum atomic E-state index is -0.0501. The maximum Gasteiger partial charge on any atom is 0.260 e. The number of aromatic nitrogens is 2. The summed E-state index contributed by atoms with van der Waals surface area (Å²) in [6, 6.07) is 5.62. The van der Waals surface area contributed by atoms with Crippen molar-refractivity contribution in [1.82, 2.24) is 9.97 Å². The van der Waals surface area contributed by atoms with E-state index >= 15 is 0 Å². The predicted molar refractivity (Wildman–Crippen MR) is 105 cm³/mol. The molecule has 2 heterocycles. The van der Waals surface area contributed by atoms with Gasteiger partial charge in [-0.05, 0) is 63.3 Å². The second-order valence-electron chi connectivity index (χ2n) is 6.84. The molecule has 0 saturated carbocycles. The van der Waals surface area contributed by atoms with Crippen molar-refractivity contribution in [3.05, 3.63) is 39.0 Å². The van der Waals surface area contributed by atoms with Crippen LogP contribution in [0.4, 0.5) is 0 Å². The molecule has 1 aliphatic rings. The number of benzene rings is 1. The quantitative estimate of drug-likeness (QED) is 0.743. The van der Waals surface area contributed by atoms with Crippen LogP contribution >= 0.6 is 11.3 Å². The Morgan fingerprint density at radius 3 is 2.77 bits per heavy atom. The highest BCUT2D eigenvalue weighted by atomic mass is 32.1. The summed E-state index contributed by atoms with van der Waals surface area (Å²) in [6.07, 6.45) is 4.43. The number of thiophene rings is 1. The van der Waals surface area contributed by atoms with E-state index in [1.54, 1.807) is 18.4 Å². The van der Waals surface area contributed by atoms with Crippen LogP contribution in [0.3, 0.4) is 0 Å². The molecule has 4 rings (SSSR count). The number of hydrogen-bond donors (Lipinski definition) is 1. The number of aryl methyl sites for hydroxylation is 2. The molecule has 5 nitrogen and oxygen atoms in total. The smallest absolute Gasteiger partial charge is 0.260 e. The molecule has 1 N–H and O–H groups in total. The van der Waals surface area contributed by atoms with Crippen LogP contribution in [0.5, 0.6) is 11.5 Å². The molecule has 1 aromatic carbocycles. The van der Waals surface area contributed by atoms with E-state index in [4.69, 9.17) is 14.5 Å². The Morgan fingerprint density at radius 1 is 1.19 bits per heavy atom. The molecule has 1 aliphatic carbocycles. The Hall–Kier alpha value is -2.34. The van der Waals surface area contributed by atoms with Crippen LogP contribution in [0.15, 0.2) is 23.0 Å². The molecule has 0 radical (unpaired) electrons. The molecule has 0 amide bonds. The zero-order valence-electron chi connectivity index (χ0n) is 15.2. The first-order valence-electron chi connectivity index (χ1n) is 8.96. The van der Waals surface area contributed by atoms with Crippen LogP contribution in [0.25, 0.3) is 21.6 Å². The molecule has 0 fully saturated rings. The van der Waals surface area contributed by atoms with Crippen molar-refractivity contribution in [2.24, 2.45) is 0 Å². The van der Waals surface area contributed by atoms with Gasteiger partial charge < -0.3 is 14.5 Å². The number of nitrogens with zero attached hydrogens (tertiary/aromatic N) is 1. The summed E-state index contributed by atoms with van der Waals surface area (Å²) in [4.78, 5) is 22.6. The number of fused-ring (bicyclic) bond motifs is 3. The van der Waals surface area contributed by atoms with Crippen molar-refractivity contribution < 1.29 is 9.47 Å². The molecule has 0 bridgehead atoms. The van der Waals surface area contributed by atoms with Gasteiger partial charge in [0, 0.05) is 10.4 Å². The van der Waals surface area contributed by atoms with Gasteiger partial charge >= 0.3 is 0 Å². The lowest BCUT2D eigenvalue weighted by Gasteiger charge is -2.14. The molecule has 136 valence electrons. The number of nitrogens with one attached hydrogen (secondary N) is 1. The van der Waals surface area contributed by atoms with E-state index in [0.717, 1.165) is 35.0 Å². The van der Waals surface area contributed by atoms with Crippen molar-refractivity contribution in [3.8, 4) is 22.9 Å². The van der Waals surface area contributed by atoms with Crippen molar-refractivity contribution in [3.63, 3.8) is 0 Å². The van der Waals surface area contributed by atoms with Crippen molar-refractivity contribution in [2.45, 2.75) is 45.6 Å². The fourth-order valence-electron chi connectivity index (χ4n) is 3.47. The van der Waals surface area contributed by atoms with Gasteiger partial charge in [-0.1, -0.05) is 0 Å². The Bertz CT molecular complexity index is 1020. The normalized spacial score (nSPS) is 13.8. The highest BCUT2D eigenvalue weighted by molar-refractivity contribution is 7.18. The molecular weight excluding hydrogens is 348 g/mol. The second-order valence-corrected chi connectivity index (χ2v) is 7.92. The highest BCUT2D eigenvalue weighted by Gasteiger charge is 2.20. The molecule has 2 aromatic heterocycles. The largest absolute Gasteiger partial charge is 0.493 e. The summed E-state index contributed by atoms with van der Waals surface area (Å²) in [5, 5.41) is 0.778. The van der Waals surface area contributed by atoms with E-state index in [2.05, 4.69) is 4.98 Å². The third kappa shape index (κ3) is 2.98. The van der Waals surface area contributed by atoms with Crippen LogP contribution < -0.4 is 15.0 Å². The zero-order chi connectivity index (χ0) is 18.3. The van der Waals surface area contributed by atoms with Crippen LogP contribution in [-0.2, 0) is 12.8 Å². The molecule has 6 heteroatoms. The van der Waals surface area contributed by atoms with E-state index in [1.807, 2.05) is 32.0 Å². The summed E-state index contributed by atoms with van der Waals surface area (Å²) >= 11 is 1.66. The first-order chi connectivity index (χ1) is 12.6. The number of methoxy groups -OCH3 is 1. The molecule has 0 atom stereocenters. The average Bonchev–Trinajstić information content (AvgIpc) is 3.00. The number of H-pyrrole nitrogens is 1. The Kier molecular flexibility index (Phi) is 4.44. The van der Waals surface area contributed by atoms with E-state index in [0.29, 0.717) is 17.3 Å². The average molecular weight is 370 g/mol. The van der Waals surface area contributed by atoms with E-state index < -0.39 is 0 Å². The number of hydrogen-bond acceptors (Lipinski definition) is 5. The minimum Gasteiger partial charge on any atom is -0.493 e. The lowest BCUT2D eigenvalue weighted by atomic mass is 9.97. The van der Waals surface area contributed by atoms with Gasteiger partial charge in [-0.15, -0.1) is 11.3 Å². The Morgan fingerprint density at radius 2 is 2.00 bits per heavy atom. The lowest BCUT2D eigenvalue weighted by Crippen LogP contribution is -2.11. The second kappa shape index (κ2) is 6.76. The predicted octanol–water partition coefficient (Wildman–Crippen LogP) is 4.33. The van der Waals surface area contributed by atoms with E-state index in [-0.39, 0.29) is 11.7 Å². The lowest BCUT2D eigenvalue weighted by molar-refractivity contribution is 0.230. The highest BCUT2D eigenvalue weighted by Crippen LogP contribution is 2.35. The van der Waals surface area contributed by atoms with Gasteiger partial charge in [0.05, 0.1) is 18.6 Å². The zero-order valence-corrected chi connectivity index (χ0v) is 16.0. The van der Waals surface area contributed by atoms with Gasteiger partial charge in [0.15, 0.2) is 11.5 Å². The van der Waals surface area contributed by atoms with Crippen LogP contribution in [0, 0.1) is 0 Å². The summed E-state index contributed by atoms with van der Waals surface area (Å²) in [5.41, 5.74) is 1.96. The molecule has 3 aromatic rings. The van der Waals surface area contributed by atoms with Crippen molar-refractivity contribution in [2.75, 3.05) is 7.11 Å². The maximum absolute atomic E-state index is 12.7. The summed E-state index contributed by atoms with van der Waals surface area (Å²) in [6.45, 7) is 3.94. The van der Waals surface area contributed by atoms with Crippen LogP contribution in [0.2, 0.25) is 0 Å². The molecule has 26 heavy (non-hydrogen) atoms. The first-order valence-corrected chi connectivity index (χ1v) is 9.78. The third-order valence-electron chi connectivity index (χ3n) is 4.62. The summed E-state index contributed by atoms with van der Waals surface area (Å²) in [5.74, 6) is 1.88. The Balaban J connectivity index is 1.81. The van der Waals surface area contributed by atoms with Crippen LogP contribution in [-0.4, -0.2) is 23.2 Å². The van der Waals surface area contributed by atoms with Gasteiger partial charge in [-0.3, -0.25) is 4.79 Å². The number of aromatic amines is 1. The standard InChI is InChI=1S/C20H22N2O3S/c1-11(2)25-14-9-8-12(10-15(14)24-3)18-21-19(23)17-13-6-4-5-7-16(13)26-20(17)22-18/h8-11H,4-7H2,1-3H3,(H,21,22,23). The van der Waals surface area contributed by atoms with Crippen LogP contribution in [0.1, 0.15) is 37.1 Å². The maximum atomic E-state index is 12.7. The molecule has 0 aliphatic heterocycles. The van der Waals surface area contributed by atoms with Gasteiger partial charge in [0.2, 0.25) is 0 Å².